The third-order valence-corrected chi connectivity index (χ3v) is 2.73. The summed E-state index contributed by atoms with van der Waals surface area (Å²) in [6, 6.07) is 6.44. The number of carboxylic acids is 1. The van der Waals surface area contributed by atoms with Crippen LogP contribution >= 0.6 is 0 Å². The fourth-order valence-corrected chi connectivity index (χ4v) is 1.88. The van der Waals surface area contributed by atoms with Crippen LogP contribution in [0.1, 0.15) is 25.3 Å². The highest BCUT2D eigenvalue weighted by Gasteiger charge is 2.10. The largest absolute Gasteiger partial charge is 0.482 e. The molecule has 0 bridgehead atoms. The Kier molecular flexibility index (Phi) is 3.55. The maximum absolute atomic E-state index is 11.5. The fraction of sp³-hybridized carbons (Fsp3) is 0.286. The van der Waals surface area contributed by atoms with Gasteiger partial charge in [0.2, 0.25) is 0 Å². The van der Waals surface area contributed by atoms with Crippen molar-refractivity contribution >= 4 is 16.9 Å². The predicted molar refractivity (Wildman–Crippen MR) is 69.7 cm³/mol. The molecule has 1 aromatic carbocycles. The first kappa shape index (κ1) is 13.1. The van der Waals surface area contributed by atoms with E-state index in [-0.39, 0.29) is 5.92 Å². The van der Waals surface area contributed by atoms with Crippen LogP contribution in [0.2, 0.25) is 0 Å². The highest BCUT2D eigenvalue weighted by molar-refractivity contribution is 5.82. The molecule has 5 nitrogen and oxygen atoms in total. The second-order valence-electron chi connectivity index (χ2n) is 4.52. The van der Waals surface area contributed by atoms with Gasteiger partial charge in [-0.1, -0.05) is 13.8 Å². The van der Waals surface area contributed by atoms with Gasteiger partial charge in [-0.05, 0) is 23.6 Å². The van der Waals surface area contributed by atoms with Crippen LogP contribution < -0.4 is 10.4 Å². The molecule has 1 heterocycles. The molecule has 0 fully saturated rings. The first-order valence-electron chi connectivity index (χ1n) is 5.90. The van der Waals surface area contributed by atoms with Gasteiger partial charge in [0.25, 0.3) is 0 Å². The zero-order chi connectivity index (χ0) is 14.0. The Labute approximate surface area is 109 Å². The van der Waals surface area contributed by atoms with Crippen molar-refractivity contribution in [1.82, 2.24) is 0 Å². The van der Waals surface area contributed by atoms with Gasteiger partial charge in [-0.15, -0.1) is 0 Å². The number of aliphatic carboxylic acids is 1. The second kappa shape index (κ2) is 5.14. The molecule has 0 aliphatic carbocycles. The predicted octanol–water partition coefficient (Wildman–Crippen LogP) is 2.38. The number of hydrogen-bond acceptors (Lipinski definition) is 4. The maximum Gasteiger partial charge on any atom is 0.341 e. The van der Waals surface area contributed by atoms with Gasteiger partial charge in [-0.25, -0.2) is 9.59 Å². The van der Waals surface area contributed by atoms with Crippen molar-refractivity contribution in [2.24, 2.45) is 0 Å². The number of rotatable bonds is 4. The quantitative estimate of drug-likeness (QED) is 0.856. The minimum Gasteiger partial charge on any atom is -0.482 e. The monoisotopic (exact) mass is 262 g/mol. The molecule has 2 rings (SSSR count). The van der Waals surface area contributed by atoms with E-state index in [1.807, 2.05) is 13.8 Å². The molecule has 1 aromatic heterocycles. The van der Waals surface area contributed by atoms with Crippen LogP contribution in [0.5, 0.6) is 5.75 Å². The summed E-state index contributed by atoms with van der Waals surface area (Å²) in [5.74, 6) is -0.506. The Bertz CT molecular complexity index is 669. The topological polar surface area (TPSA) is 76.7 Å². The Hall–Kier alpha value is -2.30. The lowest BCUT2D eigenvalue weighted by Gasteiger charge is -2.09. The molecule has 0 radical (unpaired) electrons. The number of carbonyl (C=O) groups is 1. The molecule has 100 valence electrons. The molecule has 0 spiro atoms. The molecule has 0 saturated carbocycles. The third kappa shape index (κ3) is 2.93. The summed E-state index contributed by atoms with van der Waals surface area (Å²) in [6.45, 7) is 3.55. The van der Waals surface area contributed by atoms with Gasteiger partial charge < -0.3 is 14.3 Å². The smallest absolute Gasteiger partial charge is 0.341 e. The fourth-order valence-electron chi connectivity index (χ4n) is 1.88. The van der Waals surface area contributed by atoms with Crippen molar-refractivity contribution in [3.63, 3.8) is 0 Å². The average molecular weight is 262 g/mol. The maximum atomic E-state index is 11.5. The number of fused-ring (bicyclic) bond motifs is 1. The Morgan fingerprint density at radius 2 is 2.11 bits per heavy atom. The van der Waals surface area contributed by atoms with E-state index < -0.39 is 18.2 Å². The van der Waals surface area contributed by atoms with Gasteiger partial charge in [0.05, 0.1) is 0 Å². The van der Waals surface area contributed by atoms with E-state index in [1.165, 1.54) is 12.1 Å². The van der Waals surface area contributed by atoms with Crippen molar-refractivity contribution in [1.29, 1.82) is 0 Å². The van der Waals surface area contributed by atoms with Crippen LogP contribution in [-0.4, -0.2) is 17.7 Å². The molecule has 0 aliphatic rings. The van der Waals surface area contributed by atoms with Crippen LogP contribution in [-0.2, 0) is 4.79 Å². The van der Waals surface area contributed by atoms with Crippen molar-refractivity contribution in [3.05, 3.63) is 40.2 Å². The Morgan fingerprint density at radius 1 is 1.37 bits per heavy atom. The van der Waals surface area contributed by atoms with Crippen molar-refractivity contribution < 1.29 is 19.1 Å². The van der Waals surface area contributed by atoms with E-state index >= 15 is 0 Å². The normalized spacial score (nSPS) is 10.9. The third-order valence-electron chi connectivity index (χ3n) is 2.73. The van der Waals surface area contributed by atoms with Gasteiger partial charge in [0.1, 0.15) is 11.3 Å². The standard InChI is InChI=1S/C14H14O5/c1-8(2)11-6-14(17)19-12-5-9(3-4-10(11)12)18-7-13(15)16/h3-6,8H,7H2,1-2H3,(H,15,16). The zero-order valence-corrected chi connectivity index (χ0v) is 10.7. The lowest BCUT2D eigenvalue weighted by Crippen LogP contribution is -2.09. The van der Waals surface area contributed by atoms with E-state index in [1.54, 1.807) is 12.1 Å². The summed E-state index contributed by atoms with van der Waals surface area (Å²) in [5.41, 5.74) is 0.877. The van der Waals surface area contributed by atoms with E-state index in [4.69, 9.17) is 14.3 Å². The molecule has 1 N–H and O–H groups in total. The summed E-state index contributed by atoms with van der Waals surface area (Å²) in [5, 5.41) is 9.38. The minimum absolute atomic E-state index is 0.192. The molecule has 0 aliphatic heterocycles. The number of hydrogen-bond donors (Lipinski definition) is 1. The van der Waals surface area contributed by atoms with E-state index in [0.29, 0.717) is 11.3 Å². The molecule has 0 atom stereocenters. The molecule has 2 aromatic rings. The molecular formula is C14H14O5. The van der Waals surface area contributed by atoms with Crippen LogP contribution in [0.25, 0.3) is 11.0 Å². The molecule has 19 heavy (non-hydrogen) atoms. The van der Waals surface area contributed by atoms with Gasteiger partial charge in [-0.2, -0.15) is 0 Å². The average Bonchev–Trinajstić information content (AvgIpc) is 2.34. The SMILES string of the molecule is CC(C)c1cc(=O)oc2cc(OCC(=O)O)ccc12. The number of ether oxygens (including phenoxy) is 1. The lowest BCUT2D eigenvalue weighted by atomic mass is 10.00. The van der Waals surface area contributed by atoms with Crippen molar-refractivity contribution in [2.75, 3.05) is 6.61 Å². The summed E-state index contributed by atoms with van der Waals surface area (Å²) in [6.07, 6.45) is 0. The van der Waals surface area contributed by atoms with Crippen LogP contribution in [0.15, 0.2) is 33.5 Å². The Balaban J connectivity index is 2.48. The van der Waals surface area contributed by atoms with E-state index in [0.717, 1.165) is 10.9 Å². The number of carboxylic acid groups (broad SMARTS) is 1. The highest BCUT2D eigenvalue weighted by Crippen LogP contribution is 2.26. The molecule has 0 unspecified atom stereocenters. The van der Waals surface area contributed by atoms with Crippen LogP contribution in [0.3, 0.4) is 0 Å². The summed E-state index contributed by atoms with van der Waals surface area (Å²) >= 11 is 0. The van der Waals surface area contributed by atoms with Crippen molar-refractivity contribution in [2.45, 2.75) is 19.8 Å². The Morgan fingerprint density at radius 3 is 2.74 bits per heavy atom. The summed E-state index contributed by atoms with van der Waals surface area (Å²) in [4.78, 5) is 21.9. The molecular weight excluding hydrogens is 248 g/mol. The highest BCUT2D eigenvalue weighted by atomic mass is 16.5. The first-order chi connectivity index (χ1) is 8.97. The van der Waals surface area contributed by atoms with E-state index in [9.17, 15) is 9.59 Å². The second-order valence-corrected chi connectivity index (χ2v) is 4.52. The minimum atomic E-state index is -1.06. The summed E-state index contributed by atoms with van der Waals surface area (Å²) < 4.78 is 10.2. The molecule has 0 amide bonds. The van der Waals surface area contributed by atoms with Crippen molar-refractivity contribution in [3.8, 4) is 5.75 Å². The van der Waals surface area contributed by atoms with Crippen LogP contribution in [0, 0.1) is 0 Å². The molecule has 0 saturated heterocycles. The molecule has 5 heteroatoms. The van der Waals surface area contributed by atoms with Gasteiger partial charge >= 0.3 is 11.6 Å². The van der Waals surface area contributed by atoms with Gasteiger partial charge in [-0.3, -0.25) is 0 Å². The van der Waals surface area contributed by atoms with Gasteiger partial charge in [0, 0.05) is 17.5 Å². The zero-order valence-electron chi connectivity index (χ0n) is 10.7. The van der Waals surface area contributed by atoms with E-state index in [2.05, 4.69) is 0 Å². The van der Waals surface area contributed by atoms with Gasteiger partial charge in [0.15, 0.2) is 6.61 Å². The first-order valence-corrected chi connectivity index (χ1v) is 5.90. The summed E-state index contributed by atoms with van der Waals surface area (Å²) in [7, 11) is 0. The number of benzene rings is 1. The van der Waals surface area contributed by atoms with Crippen LogP contribution in [0.4, 0.5) is 0 Å². The lowest BCUT2D eigenvalue weighted by molar-refractivity contribution is -0.139.